The number of nitrogens with zero attached hydrogens (tertiary/aromatic N) is 1. The lowest BCUT2D eigenvalue weighted by Crippen LogP contribution is -2.28. The van der Waals surface area contributed by atoms with Gasteiger partial charge in [-0.25, -0.2) is 0 Å². The molecule has 1 aliphatic carbocycles. The highest BCUT2D eigenvalue weighted by Gasteiger charge is 2.70. The molecule has 31 heavy (non-hydrogen) atoms. The Labute approximate surface area is 185 Å². The van der Waals surface area contributed by atoms with Gasteiger partial charge in [-0.3, -0.25) is 4.79 Å². The Balaban J connectivity index is 1.71. The van der Waals surface area contributed by atoms with Gasteiger partial charge < -0.3 is 9.64 Å². The number of esters is 1. The molecule has 0 heterocycles. The molecule has 0 unspecified atom stereocenters. The Kier molecular flexibility index (Phi) is 6.53. The number of likely N-dealkylation sites (N-methyl/N-ethyl adjacent to an activating group) is 1. The van der Waals surface area contributed by atoms with Crippen molar-refractivity contribution < 1.29 is 9.53 Å². The number of rotatable bonds is 9. The average molecular weight is 414 g/mol. The Morgan fingerprint density at radius 3 is 1.77 bits per heavy atom. The van der Waals surface area contributed by atoms with E-state index in [4.69, 9.17) is 4.74 Å². The SMILES string of the molecule is CCN(CC)CCOC(=O)[C@@H]1[C@@H](c2ccccc2)C1(c1ccccc1)c1ccccc1. The van der Waals surface area contributed by atoms with Gasteiger partial charge in [0.05, 0.1) is 5.92 Å². The van der Waals surface area contributed by atoms with E-state index in [1.165, 1.54) is 16.7 Å². The van der Waals surface area contributed by atoms with Gasteiger partial charge in [-0.05, 0) is 29.8 Å². The number of ether oxygens (including phenoxy) is 1. The summed E-state index contributed by atoms with van der Waals surface area (Å²) in [5.41, 5.74) is 3.11. The van der Waals surface area contributed by atoms with Crippen LogP contribution < -0.4 is 0 Å². The van der Waals surface area contributed by atoms with E-state index in [-0.39, 0.29) is 17.8 Å². The zero-order valence-corrected chi connectivity index (χ0v) is 18.4. The van der Waals surface area contributed by atoms with Gasteiger partial charge in [0.25, 0.3) is 0 Å². The van der Waals surface area contributed by atoms with Gasteiger partial charge >= 0.3 is 5.97 Å². The fourth-order valence-electron chi connectivity index (χ4n) is 5.04. The normalized spacial score (nSPS) is 19.2. The minimum absolute atomic E-state index is 0.0550. The molecular weight excluding hydrogens is 382 g/mol. The summed E-state index contributed by atoms with van der Waals surface area (Å²) in [5.74, 6) is -0.287. The Hall–Kier alpha value is -2.91. The van der Waals surface area contributed by atoms with Crippen molar-refractivity contribution in [1.29, 1.82) is 0 Å². The van der Waals surface area contributed by atoms with E-state index in [0.29, 0.717) is 6.61 Å². The summed E-state index contributed by atoms with van der Waals surface area (Å²) in [6.45, 7) is 7.38. The molecule has 3 aromatic rings. The summed E-state index contributed by atoms with van der Waals surface area (Å²) in [7, 11) is 0. The number of hydrogen-bond donors (Lipinski definition) is 0. The lowest BCUT2D eigenvalue weighted by Gasteiger charge is -2.21. The molecule has 2 atom stereocenters. The van der Waals surface area contributed by atoms with Crippen LogP contribution in [0.15, 0.2) is 91.0 Å². The first-order chi connectivity index (χ1) is 15.2. The van der Waals surface area contributed by atoms with Crippen LogP contribution in [0.1, 0.15) is 36.5 Å². The molecule has 1 aliphatic rings. The molecule has 0 amide bonds. The van der Waals surface area contributed by atoms with Crippen molar-refractivity contribution in [3.05, 3.63) is 108 Å². The van der Waals surface area contributed by atoms with Gasteiger partial charge in [-0.15, -0.1) is 0 Å². The summed E-state index contributed by atoms with van der Waals surface area (Å²) >= 11 is 0. The number of carbonyl (C=O) groups is 1. The van der Waals surface area contributed by atoms with Crippen molar-refractivity contribution in [1.82, 2.24) is 4.90 Å². The van der Waals surface area contributed by atoms with Gasteiger partial charge in [-0.2, -0.15) is 0 Å². The second kappa shape index (κ2) is 9.49. The predicted molar refractivity (Wildman–Crippen MR) is 125 cm³/mol. The predicted octanol–water partition coefficient (Wildman–Crippen LogP) is 5.27. The van der Waals surface area contributed by atoms with E-state index in [2.05, 4.69) is 91.5 Å². The third-order valence-electron chi connectivity index (χ3n) is 6.67. The van der Waals surface area contributed by atoms with Crippen LogP contribution in [0.25, 0.3) is 0 Å². The van der Waals surface area contributed by atoms with Crippen LogP contribution in [0.5, 0.6) is 0 Å². The van der Waals surface area contributed by atoms with E-state index in [1.807, 2.05) is 18.2 Å². The third kappa shape index (κ3) is 4.03. The highest BCUT2D eigenvalue weighted by atomic mass is 16.5. The maximum absolute atomic E-state index is 13.5. The first kappa shape index (κ1) is 21.3. The van der Waals surface area contributed by atoms with Crippen molar-refractivity contribution in [2.45, 2.75) is 25.2 Å². The fourth-order valence-corrected chi connectivity index (χ4v) is 5.04. The molecule has 0 saturated heterocycles. The van der Waals surface area contributed by atoms with Gasteiger partial charge in [0.15, 0.2) is 0 Å². The van der Waals surface area contributed by atoms with Crippen LogP contribution in [0, 0.1) is 5.92 Å². The maximum Gasteiger partial charge on any atom is 0.310 e. The molecule has 4 rings (SSSR count). The molecule has 160 valence electrons. The zero-order chi connectivity index (χ0) is 21.7. The van der Waals surface area contributed by atoms with Gasteiger partial charge in [0.1, 0.15) is 6.61 Å². The van der Waals surface area contributed by atoms with Crippen LogP contribution in [-0.4, -0.2) is 37.1 Å². The van der Waals surface area contributed by atoms with E-state index in [9.17, 15) is 4.79 Å². The number of carbonyl (C=O) groups excluding carboxylic acids is 1. The minimum atomic E-state index is -0.407. The van der Waals surface area contributed by atoms with Crippen molar-refractivity contribution in [2.75, 3.05) is 26.2 Å². The van der Waals surface area contributed by atoms with E-state index >= 15 is 0 Å². The quantitative estimate of drug-likeness (QED) is 0.448. The summed E-state index contributed by atoms with van der Waals surface area (Å²) in [4.78, 5) is 15.7. The van der Waals surface area contributed by atoms with E-state index in [1.54, 1.807) is 0 Å². The maximum atomic E-state index is 13.5. The molecule has 3 nitrogen and oxygen atoms in total. The lowest BCUT2D eigenvalue weighted by molar-refractivity contribution is -0.146. The molecule has 3 heteroatoms. The van der Waals surface area contributed by atoms with Crippen molar-refractivity contribution >= 4 is 5.97 Å². The Morgan fingerprint density at radius 1 is 0.806 bits per heavy atom. The second-order valence-electron chi connectivity index (χ2n) is 8.16. The second-order valence-corrected chi connectivity index (χ2v) is 8.16. The first-order valence-electron chi connectivity index (χ1n) is 11.3. The van der Waals surface area contributed by atoms with E-state index in [0.717, 1.165) is 19.6 Å². The van der Waals surface area contributed by atoms with Crippen LogP contribution >= 0.6 is 0 Å². The number of benzene rings is 3. The molecule has 3 aromatic carbocycles. The molecular formula is C28H31NO2. The van der Waals surface area contributed by atoms with Crippen molar-refractivity contribution in [3.63, 3.8) is 0 Å². The standard InChI is InChI=1S/C28H31NO2/c1-3-29(4-2)20-21-31-27(30)26-25(22-14-8-5-9-15-22)28(26,23-16-10-6-11-17-23)24-18-12-7-13-19-24/h5-19,25-26H,3-4,20-21H2,1-2H3/t25-,26+/m1/s1. The Bertz CT molecular complexity index is 928. The third-order valence-corrected chi connectivity index (χ3v) is 6.67. The molecule has 0 aliphatic heterocycles. The summed E-state index contributed by atoms with van der Waals surface area (Å²) in [6.07, 6.45) is 0. The van der Waals surface area contributed by atoms with Gasteiger partial charge in [0.2, 0.25) is 0 Å². The smallest absolute Gasteiger partial charge is 0.310 e. The molecule has 0 radical (unpaired) electrons. The minimum Gasteiger partial charge on any atom is -0.464 e. The van der Waals surface area contributed by atoms with Crippen LogP contribution in [0.4, 0.5) is 0 Å². The van der Waals surface area contributed by atoms with E-state index < -0.39 is 5.41 Å². The lowest BCUT2D eigenvalue weighted by atomic mass is 9.83. The molecule has 0 aromatic heterocycles. The van der Waals surface area contributed by atoms with Gasteiger partial charge in [-0.1, -0.05) is 105 Å². The van der Waals surface area contributed by atoms with Crippen LogP contribution in [0.3, 0.4) is 0 Å². The van der Waals surface area contributed by atoms with Crippen LogP contribution in [-0.2, 0) is 14.9 Å². The highest BCUT2D eigenvalue weighted by Crippen LogP contribution is 2.69. The number of hydrogen-bond acceptors (Lipinski definition) is 3. The van der Waals surface area contributed by atoms with Crippen molar-refractivity contribution in [2.24, 2.45) is 5.92 Å². The van der Waals surface area contributed by atoms with Crippen LogP contribution in [0.2, 0.25) is 0 Å². The monoisotopic (exact) mass is 413 g/mol. The first-order valence-corrected chi connectivity index (χ1v) is 11.3. The molecule has 0 bridgehead atoms. The average Bonchev–Trinajstić information content (AvgIpc) is 3.55. The summed E-state index contributed by atoms with van der Waals surface area (Å²) in [6, 6.07) is 31.3. The topological polar surface area (TPSA) is 29.5 Å². The fraction of sp³-hybridized carbons (Fsp3) is 0.321. The molecule has 0 N–H and O–H groups in total. The molecule has 1 saturated carbocycles. The summed E-state index contributed by atoms with van der Waals surface area (Å²) in [5, 5.41) is 0. The van der Waals surface area contributed by atoms with Crippen molar-refractivity contribution in [3.8, 4) is 0 Å². The molecule has 0 spiro atoms. The Morgan fingerprint density at radius 2 is 1.29 bits per heavy atom. The zero-order valence-electron chi connectivity index (χ0n) is 18.4. The van der Waals surface area contributed by atoms with Gasteiger partial charge in [0, 0.05) is 17.9 Å². The largest absolute Gasteiger partial charge is 0.464 e. The molecule has 1 fully saturated rings. The highest BCUT2D eigenvalue weighted by molar-refractivity contribution is 5.85. The summed E-state index contributed by atoms with van der Waals surface area (Å²) < 4.78 is 5.87.